The van der Waals surface area contributed by atoms with Crippen LogP contribution in [0.4, 0.5) is 0 Å². The highest BCUT2D eigenvalue weighted by molar-refractivity contribution is 5.79. The number of pyridine rings is 1. The number of fused-ring (bicyclic) bond motifs is 1. The minimum atomic E-state index is -0.0646. The highest BCUT2D eigenvalue weighted by Crippen LogP contribution is 2.11. The Morgan fingerprint density at radius 3 is 3.00 bits per heavy atom. The van der Waals surface area contributed by atoms with E-state index >= 15 is 0 Å². The van der Waals surface area contributed by atoms with Gasteiger partial charge in [-0.15, -0.1) is 0 Å². The normalized spacial score (nSPS) is 16.1. The maximum absolute atomic E-state index is 12.2. The van der Waals surface area contributed by atoms with E-state index in [9.17, 15) is 9.59 Å². The highest BCUT2D eigenvalue weighted by atomic mass is 16.2. The molecule has 0 unspecified atom stereocenters. The summed E-state index contributed by atoms with van der Waals surface area (Å²) >= 11 is 0. The van der Waals surface area contributed by atoms with Gasteiger partial charge in [-0.2, -0.15) is 0 Å². The summed E-state index contributed by atoms with van der Waals surface area (Å²) in [4.78, 5) is 30.1. The quantitative estimate of drug-likeness (QED) is 0.905. The Morgan fingerprint density at radius 2 is 2.30 bits per heavy atom. The zero-order valence-electron chi connectivity index (χ0n) is 13.6. The minimum absolute atomic E-state index is 0.0525. The molecule has 2 amide bonds. The van der Waals surface area contributed by atoms with Crippen molar-refractivity contribution in [3.8, 4) is 0 Å². The highest BCUT2D eigenvalue weighted by Gasteiger charge is 2.22. The van der Waals surface area contributed by atoms with E-state index in [1.54, 1.807) is 0 Å². The molecule has 0 spiro atoms. The number of hydrogen-bond donors (Lipinski definition) is 1. The Hall–Kier alpha value is -2.37. The number of aryl methyl sites for hydroxylation is 1. The molecule has 23 heavy (non-hydrogen) atoms. The van der Waals surface area contributed by atoms with Crippen LogP contribution in [0.1, 0.15) is 31.0 Å². The number of likely N-dealkylation sites (tertiary alicyclic amines) is 1. The molecule has 0 saturated carbocycles. The number of carbonyl (C=O) groups excluding carboxylic acids is 2. The van der Waals surface area contributed by atoms with E-state index in [0.29, 0.717) is 13.0 Å². The van der Waals surface area contributed by atoms with E-state index in [1.807, 2.05) is 47.7 Å². The van der Waals surface area contributed by atoms with Crippen molar-refractivity contribution in [3.63, 3.8) is 0 Å². The van der Waals surface area contributed by atoms with Gasteiger partial charge < -0.3 is 14.6 Å². The first kappa shape index (κ1) is 15.5. The molecule has 1 fully saturated rings. The van der Waals surface area contributed by atoms with Crippen LogP contribution in [0.5, 0.6) is 0 Å². The number of nitrogens with one attached hydrogen (secondary N) is 1. The van der Waals surface area contributed by atoms with E-state index < -0.39 is 0 Å². The summed E-state index contributed by atoms with van der Waals surface area (Å²) in [7, 11) is 0. The van der Waals surface area contributed by atoms with Crippen molar-refractivity contribution in [2.24, 2.45) is 0 Å². The lowest BCUT2D eigenvalue weighted by molar-refractivity contribution is -0.129. The molecule has 1 aliphatic rings. The number of aromatic nitrogens is 2. The van der Waals surface area contributed by atoms with Crippen LogP contribution in [-0.4, -0.2) is 45.2 Å². The van der Waals surface area contributed by atoms with Crippen LogP contribution >= 0.6 is 0 Å². The topological polar surface area (TPSA) is 66.7 Å². The number of nitrogens with zero attached hydrogens (tertiary/aromatic N) is 3. The summed E-state index contributed by atoms with van der Waals surface area (Å²) in [6, 6.07) is 3.91. The lowest BCUT2D eigenvalue weighted by Gasteiger charge is -2.21. The average Bonchev–Trinajstić information content (AvgIpc) is 3.06. The zero-order valence-corrected chi connectivity index (χ0v) is 13.6. The first-order valence-corrected chi connectivity index (χ1v) is 8.03. The third-order valence-electron chi connectivity index (χ3n) is 4.14. The maximum atomic E-state index is 12.2. The third-order valence-corrected chi connectivity index (χ3v) is 4.14. The lowest BCUT2D eigenvalue weighted by Crippen LogP contribution is -2.43. The second-order valence-electron chi connectivity index (χ2n) is 6.24. The summed E-state index contributed by atoms with van der Waals surface area (Å²) in [6.45, 7) is 5.30. The molecule has 6 heteroatoms. The molecule has 122 valence electrons. The smallest absolute Gasteiger partial charge is 0.226 e. The van der Waals surface area contributed by atoms with Gasteiger partial charge in [0.1, 0.15) is 5.65 Å². The Balaban J connectivity index is 1.57. The molecule has 0 radical (unpaired) electrons. The number of imidazole rings is 1. The fraction of sp³-hybridized carbons (Fsp3) is 0.471. The zero-order chi connectivity index (χ0) is 16.4. The maximum Gasteiger partial charge on any atom is 0.226 e. The van der Waals surface area contributed by atoms with Crippen LogP contribution in [0, 0.1) is 6.92 Å². The van der Waals surface area contributed by atoms with Crippen molar-refractivity contribution >= 4 is 17.5 Å². The molecule has 2 aromatic heterocycles. The first-order valence-electron chi connectivity index (χ1n) is 8.03. The van der Waals surface area contributed by atoms with E-state index in [1.165, 1.54) is 0 Å². The Morgan fingerprint density at radius 1 is 1.48 bits per heavy atom. The van der Waals surface area contributed by atoms with Crippen molar-refractivity contribution in [2.45, 2.75) is 39.2 Å². The van der Waals surface area contributed by atoms with Gasteiger partial charge in [0.05, 0.1) is 12.1 Å². The van der Waals surface area contributed by atoms with Gasteiger partial charge in [0.15, 0.2) is 0 Å². The third kappa shape index (κ3) is 3.52. The van der Waals surface area contributed by atoms with Crippen molar-refractivity contribution in [1.82, 2.24) is 19.6 Å². The van der Waals surface area contributed by atoms with Crippen molar-refractivity contribution < 1.29 is 9.59 Å². The first-order chi connectivity index (χ1) is 11.0. The van der Waals surface area contributed by atoms with Crippen molar-refractivity contribution in [3.05, 3.63) is 35.8 Å². The predicted octanol–water partition coefficient (Wildman–Crippen LogP) is 1.31. The van der Waals surface area contributed by atoms with Gasteiger partial charge in [0, 0.05) is 37.9 Å². The Kier molecular flexibility index (Phi) is 4.32. The Bertz CT molecular complexity index is 737. The lowest BCUT2D eigenvalue weighted by atomic mass is 10.2. The van der Waals surface area contributed by atoms with Crippen molar-refractivity contribution in [2.75, 3.05) is 13.1 Å². The minimum Gasteiger partial charge on any atom is -0.352 e. The summed E-state index contributed by atoms with van der Waals surface area (Å²) in [5, 5.41) is 2.95. The summed E-state index contributed by atoms with van der Waals surface area (Å²) in [5.74, 6) is 0.118. The molecular formula is C17H22N4O2. The SMILES string of the molecule is Cc1cccn2cc(CC(=O)N[C@H](C)CN3CCCC3=O)nc12. The van der Waals surface area contributed by atoms with Crippen LogP contribution < -0.4 is 5.32 Å². The molecule has 3 heterocycles. The van der Waals surface area contributed by atoms with Gasteiger partial charge in [-0.25, -0.2) is 4.98 Å². The predicted molar refractivity (Wildman–Crippen MR) is 87.1 cm³/mol. The molecule has 0 aliphatic carbocycles. The summed E-state index contributed by atoms with van der Waals surface area (Å²) < 4.78 is 1.93. The standard InChI is InChI=1S/C17H22N4O2/c1-12-5-3-8-21-11-14(19-17(12)21)9-15(22)18-13(2)10-20-7-4-6-16(20)23/h3,5,8,11,13H,4,6-7,9-10H2,1-2H3,(H,18,22)/t13-/m1/s1. The van der Waals surface area contributed by atoms with Crippen LogP contribution in [0.15, 0.2) is 24.5 Å². The Labute approximate surface area is 135 Å². The number of rotatable bonds is 5. The molecular weight excluding hydrogens is 292 g/mol. The second-order valence-corrected chi connectivity index (χ2v) is 6.24. The van der Waals surface area contributed by atoms with Crippen molar-refractivity contribution in [1.29, 1.82) is 0 Å². The molecule has 1 aliphatic heterocycles. The molecule has 3 rings (SSSR count). The largest absolute Gasteiger partial charge is 0.352 e. The molecule has 0 aromatic carbocycles. The van der Waals surface area contributed by atoms with E-state index in [2.05, 4.69) is 10.3 Å². The van der Waals surface area contributed by atoms with Gasteiger partial charge in [-0.05, 0) is 31.9 Å². The monoisotopic (exact) mass is 314 g/mol. The van der Waals surface area contributed by atoms with Gasteiger partial charge in [-0.1, -0.05) is 6.07 Å². The number of carbonyl (C=O) groups is 2. The van der Waals surface area contributed by atoms with E-state index in [0.717, 1.165) is 29.9 Å². The summed E-state index contributed by atoms with van der Waals surface area (Å²) in [5.41, 5.74) is 2.72. The van der Waals surface area contributed by atoms with Gasteiger partial charge in [-0.3, -0.25) is 9.59 Å². The van der Waals surface area contributed by atoms with Crippen LogP contribution in [0.25, 0.3) is 5.65 Å². The molecule has 1 saturated heterocycles. The van der Waals surface area contributed by atoms with Gasteiger partial charge in [0.2, 0.25) is 11.8 Å². The number of hydrogen-bond acceptors (Lipinski definition) is 3. The fourth-order valence-corrected chi connectivity index (χ4v) is 3.05. The second kappa shape index (κ2) is 6.40. The van der Waals surface area contributed by atoms with E-state index in [-0.39, 0.29) is 24.3 Å². The molecule has 0 bridgehead atoms. The molecule has 2 aromatic rings. The molecule has 1 N–H and O–H groups in total. The van der Waals surface area contributed by atoms with Crippen LogP contribution in [0.2, 0.25) is 0 Å². The van der Waals surface area contributed by atoms with Gasteiger partial charge in [0.25, 0.3) is 0 Å². The van der Waals surface area contributed by atoms with Crippen LogP contribution in [0.3, 0.4) is 0 Å². The molecule has 6 nitrogen and oxygen atoms in total. The number of amides is 2. The van der Waals surface area contributed by atoms with Gasteiger partial charge >= 0.3 is 0 Å². The summed E-state index contributed by atoms with van der Waals surface area (Å²) in [6.07, 6.45) is 5.61. The van der Waals surface area contributed by atoms with E-state index in [4.69, 9.17) is 0 Å². The van der Waals surface area contributed by atoms with Crippen LogP contribution in [-0.2, 0) is 16.0 Å². The molecule has 1 atom stereocenters. The fourth-order valence-electron chi connectivity index (χ4n) is 3.05. The average molecular weight is 314 g/mol.